The SMILES string of the molecule is CCNC(=O)C(CC)N(Cc1ccccc1Cl)C(=O)CN(c1ccccc1)S(=O)(=O)c1ccc(OCC)cc1. The average Bonchev–Trinajstić information content (AvgIpc) is 2.93. The number of likely N-dealkylation sites (N-methyl/N-ethyl adjacent to an activating group) is 1. The summed E-state index contributed by atoms with van der Waals surface area (Å²) in [5, 5.41) is 3.23. The van der Waals surface area contributed by atoms with Crippen LogP contribution in [0.2, 0.25) is 5.02 Å². The van der Waals surface area contributed by atoms with E-state index in [1.54, 1.807) is 80.6 Å². The molecule has 2 amide bonds. The predicted molar refractivity (Wildman–Crippen MR) is 153 cm³/mol. The van der Waals surface area contributed by atoms with Gasteiger partial charge in [-0.05, 0) is 68.3 Å². The minimum absolute atomic E-state index is 0.0102. The van der Waals surface area contributed by atoms with Crippen LogP contribution in [-0.2, 0) is 26.2 Å². The third kappa shape index (κ3) is 7.52. The molecule has 0 aliphatic rings. The highest BCUT2D eigenvalue weighted by atomic mass is 35.5. The monoisotopic (exact) mass is 571 g/mol. The van der Waals surface area contributed by atoms with Crippen molar-refractivity contribution in [2.75, 3.05) is 24.0 Å². The molecule has 10 heteroatoms. The fraction of sp³-hybridized carbons (Fsp3) is 0.310. The summed E-state index contributed by atoms with van der Waals surface area (Å²) in [5.74, 6) is -0.315. The second-order valence-electron chi connectivity index (χ2n) is 8.68. The molecule has 0 aliphatic carbocycles. The molecule has 0 saturated carbocycles. The third-order valence-corrected chi connectivity index (χ3v) is 8.24. The lowest BCUT2D eigenvalue weighted by Gasteiger charge is -2.33. The summed E-state index contributed by atoms with van der Waals surface area (Å²) in [4.78, 5) is 28.3. The van der Waals surface area contributed by atoms with Gasteiger partial charge in [-0.1, -0.05) is 54.9 Å². The van der Waals surface area contributed by atoms with Crippen LogP contribution >= 0.6 is 11.6 Å². The van der Waals surface area contributed by atoms with E-state index in [0.29, 0.717) is 41.6 Å². The largest absolute Gasteiger partial charge is 0.494 e. The van der Waals surface area contributed by atoms with E-state index in [2.05, 4.69) is 5.32 Å². The average molecular weight is 572 g/mol. The molecule has 0 radical (unpaired) electrons. The number of anilines is 1. The van der Waals surface area contributed by atoms with Crippen LogP contribution in [0.15, 0.2) is 83.8 Å². The Kier molecular flexibility index (Phi) is 10.8. The van der Waals surface area contributed by atoms with E-state index in [9.17, 15) is 18.0 Å². The molecule has 0 bridgehead atoms. The van der Waals surface area contributed by atoms with E-state index in [1.807, 2.05) is 6.92 Å². The Balaban J connectivity index is 2.03. The fourth-order valence-corrected chi connectivity index (χ4v) is 5.76. The summed E-state index contributed by atoms with van der Waals surface area (Å²) >= 11 is 6.40. The molecular formula is C29H34ClN3O5S. The summed E-state index contributed by atoms with van der Waals surface area (Å²) in [6, 6.07) is 20.7. The van der Waals surface area contributed by atoms with Gasteiger partial charge in [0.15, 0.2) is 0 Å². The molecular weight excluding hydrogens is 538 g/mol. The first-order chi connectivity index (χ1) is 18.7. The quantitative estimate of drug-likeness (QED) is 0.315. The van der Waals surface area contributed by atoms with Crippen molar-refractivity contribution in [3.8, 4) is 5.75 Å². The zero-order chi connectivity index (χ0) is 28.4. The van der Waals surface area contributed by atoms with Gasteiger partial charge >= 0.3 is 0 Å². The van der Waals surface area contributed by atoms with E-state index < -0.39 is 28.5 Å². The van der Waals surface area contributed by atoms with Gasteiger partial charge in [0.1, 0.15) is 18.3 Å². The second-order valence-corrected chi connectivity index (χ2v) is 11.0. The Morgan fingerprint density at radius 1 is 0.923 bits per heavy atom. The summed E-state index contributed by atoms with van der Waals surface area (Å²) in [6.45, 7) is 5.81. The van der Waals surface area contributed by atoms with Gasteiger partial charge in [-0.2, -0.15) is 0 Å². The van der Waals surface area contributed by atoms with Crippen molar-refractivity contribution < 1.29 is 22.7 Å². The third-order valence-electron chi connectivity index (χ3n) is 6.08. The highest BCUT2D eigenvalue weighted by molar-refractivity contribution is 7.92. The number of ether oxygens (including phenoxy) is 1. The van der Waals surface area contributed by atoms with Crippen molar-refractivity contribution in [1.29, 1.82) is 0 Å². The lowest BCUT2D eigenvalue weighted by atomic mass is 10.1. The number of sulfonamides is 1. The van der Waals surface area contributed by atoms with Gasteiger partial charge in [-0.25, -0.2) is 8.42 Å². The number of hydrogen-bond donors (Lipinski definition) is 1. The topological polar surface area (TPSA) is 96.0 Å². The number of nitrogens with one attached hydrogen (secondary N) is 1. The van der Waals surface area contributed by atoms with E-state index >= 15 is 0 Å². The Bertz CT molecular complexity index is 1350. The van der Waals surface area contributed by atoms with Crippen LogP contribution in [0.25, 0.3) is 0 Å². The van der Waals surface area contributed by atoms with Gasteiger partial charge < -0.3 is 15.0 Å². The molecule has 208 valence electrons. The molecule has 1 atom stereocenters. The van der Waals surface area contributed by atoms with Gasteiger partial charge in [0.05, 0.1) is 17.2 Å². The normalized spacial score (nSPS) is 11.9. The highest BCUT2D eigenvalue weighted by Crippen LogP contribution is 2.26. The van der Waals surface area contributed by atoms with Crippen LogP contribution in [0.1, 0.15) is 32.8 Å². The van der Waals surface area contributed by atoms with Crippen LogP contribution in [0.4, 0.5) is 5.69 Å². The maximum Gasteiger partial charge on any atom is 0.264 e. The lowest BCUT2D eigenvalue weighted by molar-refractivity contribution is -0.140. The summed E-state index contributed by atoms with van der Waals surface area (Å²) < 4.78 is 34.2. The molecule has 1 unspecified atom stereocenters. The molecule has 8 nitrogen and oxygen atoms in total. The van der Waals surface area contributed by atoms with Crippen LogP contribution < -0.4 is 14.4 Å². The number of halogens is 1. The maximum atomic E-state index is 13.9. The molecule has 0 aliphatic heterocycles. The maximum absolute atomic E-state index is 13.9. The molecule has 0 fully saturated rings. The summed E-state index contributed by atoms with van der Waals surface area (Å²) in [7, 11) is -4.15. The summed E-state index contributed by atoms with van der Waals surface area (Å²) in [6.07, 6.45) is 0.332. The standard InChI is InChI=1S/C29H34ClN3O5S/c1-4-27(29(35)31-5-2)32(20-22-12-10-11-15-26(22)30)28(34)21-33(23-13-8-7-9-14-23)39(36,37)25-18-16-24(17-19-25)38-6-3/h7-19,27H,4-6,20-21H2,1-3H3,(H,31,35). The fourth-order valence-electron chi connectivity index (χ4n) is 4.15. The van der Waals surface area contributed by atoms with E-state index in [-0.39, 0.29) is 17.3 Å². The number of benzene rings is 3. The van der Waals surface area contributed by atoms with Crippen molar-refractivity contribution in [3.63, 3.8) is 0 Å². The molecule has 0 heterocycles. The number of carbonyl (C=O) groups is 2. The number of amides is 2. The molecule has 0 saturated heterocycles. The van der Waals surface area contributed by atoms with Crippen LogP contribution in [-0.4, -0.2) is 50.9 Å². The number of para-hydroxylation sites is 1. The second kappa shape index (κ2) is 14.0. The number of hydrogen-bond acceptors (Lipinski definition) is 5. The van der Waals surface area contributed by atoms with E-state index in [4.69, 9.17) is 16.3 Å². The van der Waals surface area contributed by atoms with Gasteiger partial charge in [-0.15, -0.1) is 0 Å². The molecule has 0 spiro atoms. The Hall–Kier alpha value is -3.56. The van der Waals surface area contributed by atoms with Crippen molar-refractivity contribution in [3.05, 3.63) is 89.4 Å². The first-order valence-corrected chi connectivity index (χ1v) is 14.7. The molecule has 3 rings (SSSR count). The highest BCUT2D eigenvalue weighted by Gasteiger charge is 2.33. The minimum Gasteiger partial charge on any atom is -0.494 e. The molecule has 3 aromatic rings. The number of carbonyl (C=O) groups excluding carboxylic acids is 2. The van der Waals surface area contributed by atoms with Crippen LogP contribution in [0, 0.1) is 0 Å². The Morgan fingerprint density at radius 3 is 2.15 bits per heavy atom. The van der Waals surface area contributed by atoms with Gasteiger partial charge in [0, 0.05) is 18.1 Å². The summed E-state index contributed by atoms with van der Waals surface area (Å²) in [5.41, 5.74) is 0.972. The van der Waals surface area contributed by atoms with Gasteiger partial charge in [0.25, 0.3) is 10.0 Å². The van der Waals surface area contributed by atoms with E-state index in [0.717, 1.165) is 4.31 Å². The van der Waals surface area contributed by atoms with E-state index in [1.165, 1.54) is 17.0 Å². The Morgan fingerprint density at radius 2 is 1.56 bits per heavy atom. The van der Waals surface area contributed by atoms with Gasteiger partial charge in [0.2, 0.25) is 11.8 Å². The van der Waals surface area contributed by atoms with Crippen molar-refractivity contribution in [2.45, 2.75) is 44.7 Å². The lowest BCUT2D eigenvalue weighted by Crippen LogP contribution is -2.52. The molecule has 0 aromatic heterocycles. The molecule has 1 N–H and O–H groups in total. The number of rotatable bonds is 13. The smallest absolute Gasteiger partial charge is 0.264 e. The molecule has 39 heavy (non-hydrogen) atoms. The van der Waals surface area contributed by atoms with Crippen LogP contribution in [0.5, 0.6) is 5.75 Å². The van der Waals surface area contributed by atoms with Crippen LogP contribution in [0.3, 0.4) is 0 Å². The van der Waals surface area contributed by atoms with Crippen molar-refractivity contribution in [2.24, 2.45) is 0 Å². The predicted octanol–water partition coefficient (Wildman–Crippen LogP) is 4.88. The molecule has 3 aromatic carbocycles. The first kappa shape index (κ1) is 30.0. The van der Waals surface area contributed by atoms with Gasteiger partial charge in [-0.3, -0.25) is 13.9 Å². The number of nitrogens with zero attached hydrogens (tertiary/aromatic N) is 2. The first-order valence-electron chi connectivity index (χ1n) is 12.8. The van der Waals surface area contributed by atoms with Crippen molar-refractivity contribution >= 4 is 39.1 Å². The zero-order valence-corrected chi connectivity index (χ0v) is 23.9. The minimum atomic E-state index is -4.15. The van der Waals surface area contributed by atoms with Crippen molar-refractivity contribution in [1.82, 2.24) is 10.2 Å². The Labute approximate surface area is 235 Å². The zero-order valence-electron chi connectivity index (χ0n) is 22.3.